The highest BCUT2D eigenvalue weighted by Gasteiger charge is 2.51. The van der Waals surface area contributed by atoms with Crippen LogP contribution >= 0.6 is 12.2 Å². The van der Waals surface area contributed by atoms with Crippen LogP contribution in [0.2, 0.25) is 13.1 Å². The lowest BCUT2D eigenvalue weighted by molar-refractivity contribution is 0.0435. The summed E-state index contributed by atoms with van der Waals surface area (Å²) >= 11 is 5.29. The zero-order chi connectivity index (χ0) is 11.9. The smallest absolute Gasteiger partial charge is 0.190 e. The van der Waals surface area contributed by atoms with Crippen molar-refractivity contribution >= 4 is 26.3 Å². The maximum atomic E-state index is 6.12. The predicted molar refractivity (Wildman–Crippen MR) is 69.9 cm³/mol. The zero-order valence-corrected chi connectivity index (χ0v) is 12.6. The quantitative estimate of drug-likeness (QED) is 0.551. The van der Waals surface area contributed by atoms with E-state index in [4.69, 9.17) is 21.4 Å². The van der Waals surface area contributed by atoms with Crippen LogP contribution in [0.1, 0.15) is 27.7 Å². The Balaban J connectivity index is 2.94. The molecule has 0 bridgehead atoms. The van der Waals surface area contributed by atoms with Crippen molar-refractivity contribution in [1.82, 2.24) is 0 Å². The normalized spacial score (nSPS) is 32.2. The van der Waals surface area contributed by atoms with Gasteiger partial charge in [-0.15, -0.1) is 0 Å². The van der Waals surface area contributed by atoms with Gasteiger partial charge in [0.05, 0.1) is 6.61 Å². The minimum atomic E-state index is -1.11. The third kappa shape index (κ3) is 2.60. The van der Waals surface area contributed by atoms with E-state index in [-0.39, 0.29) is 11.0 Å². The molecule has 1 aliphatic rings. The Morgan fingerprint density at radius 2 is 2.00 bits per heavy atom. The lowest BCUT2D eigenvalue weighted by atomic mass is 9.73. The molecule has 0 N–H and O–H groups in total. The molecule has 0 aliphatic carbocycles. The van der Waals surface area contributed by atoms with E-state index in [0.717, 1.165) is 0 Å². The largest absolute Gasteiger partial charge is 0.484 e. The molecule has 2 unspecified atom stereocenters. The average Bonchev–Trinajstić information content (AvgIpc) is 2.25. The highest BCUT2D eigenvalue weighted by molar-refractivity contribution is 7.80. The number of rotatable bonds is 2. The highest BCUT2D eigenvalue weighted by atomic mass is 32.1. The van der Waals surface area contributed by atoms with Crippen molar-refractivity contribution in [1.29, 1.82) is 0 Å². The van der Waals surface area contributed by atoms with Crippen LogP contribution in [0.15, 0.2) is 0 Å². The summed E-state index contributed by atoms with van der Waals surface area (Å²) < 4.78 is 11.7. The van der Waals surface area contributed by atoms with Crippen LogP contribution in [0.5, 0.6) is 0 Å². The number of hydrogen-bond acceptors (Lipinski definition) is 3. The van der Waals surface area contributed by atoms with Gasteiger partial charge in [-0.2, -0.15) is 0 Å². The first-order valence-corrected chi connectivity index (χ1v) is 8.72. The summed E-state index contributed by atoms with van der Waals surface area (Å²) in [5.41, 5.74) is -0.188. The van der Waals surface area contributed by atoms with Gasteiger partial charge >= 0.3 is 0 Å². The Kier molecular flexibility index (Phi) is 3.63. The SMILES string of the molecule is C[SiH](C)OC1(C)C(=S)OCC1C(C)(C)C. The number of thiocarbonyl (C=S) groups is 1. The van der Waals surface area contributed by atoms with Crippen LogP contribution in [0, 0.1) is 11.3 Å². The first-order chi connectivity index (χ1) is 6.68. The van der Waals surface area contributed by atoms with Crippen molar-refractivity contribution in [2.75, 3.05) is 6.61 Å². The van der Waals surface area contributed by atoms with E-state index in [0.29, 0.717) is 17.6 Å². The molecule has 2 nitrogen and oxygen atoms in total. The van der Waals surface area contributed by atoms with Crippen molar-refractivity contribution in [2.45, 2.75) is 46.4 Å². The molecule has 0 aromatic carbocycles. The molecule has 1 heterocycles. The molecule has 88 valence electrons. The summed E-state index contributed by atoms with van der Waals surface area (Å²) in [6.45, 7) is 13.8. The Hall–Kier alpha value is 0.0669. The third-order valence-corrected chi connectivity index (χ3v) is 4.46. The molecule has 15 heavy (non-hydrogen) atoms. The minimum Gasteiger partial charge on any atom is -0.484 e. The van der Waals surface area contributed by atoms with Crippen LogP contribution in [-0.4, -0.2) is 26.3 Å². The molecule has 1 saturated heterocycles. The second-order valence-corrected chi connectivity index (χ2v) is 8.49. The minimum absolute atomic E-state index is 0.165. The van der Waals surface area contributed by atoms with Gasteiger partial charge in [0, 0.05) is 5.92 Å². The van der Waals surface area contributed by atoms with E-state index in [2.05, 4.69) is 40.8 Å². The summed E-state index contributed by atoms with van der Waals surface area (Å²) in [6.07, 6.45) is 0. The molecule has 0 amide bonds. The Morgan fingerprint density at radius 1 is 1.47 bits per heavy atom. The first-order valence-electron chi connectivity index (χ1n) is 5.53. The predicted octanol–water partition coefficient (Wildman–Crippen LogP) is 2.77. The maximum absolute atomic E-state index is 6.12. The van der Waals surface area contributed by atoms with Gasteiger partial charge in [0.2, 0.25) is 0 Å². The van der Waals surface area contributed by atoms with Crippen molar-refractivity contribution in [3.8, 4) is 0 Å². The van der Waals surface area contributed by atoms with Crippen LogP contribution in [0.3, 0.4) is 0 Å². The van der Waals surface area contributed by atoms with Crippen LogP contribution in [0.4, 0.5) is 0 Å². The third-order valence-electron chi connectivity index (χ3n) is 2.98. The standard InChI is InChI=1S/C11H22O2SSi/c1-10(2,3)8-7-12-9(14)11(8,4)13-15(5)6/h8,15H,7H2,1-6H3. The van der Waals surface area contributed by atoms with Gasteiger partial charge in [0.1, 0.15) is 5.60 Å². The summed E-state index contributed by atoms with van der Waals surface area (Å²) in [7, 11) is -1.11. The van der Waals surface area contributed by atoms with E-state index in [1.165, 1.54) is 0 Å². The fourth-order valence-corrected chi connectivity index (χ4v) is 3.89. The summed E-state index contributed by atoms with van der Waals surface area (Å²) in [5.74, 6) is 0.354. The molecule has 1 fully saturated rings. The molecule has 0 saturated carbocycles. The van der Waals surface area contributed by atoms with E-state index in [1.54, 1.807) is 0 Å². The van der Waals surface area contributed by atoms with E-state index >= 15 is 0 Å². The van der Waals surface area contributed by atoms with E-state index < -0.39 is 9.04 Å². The van der Waals surface area contributed by atoms with E-state index in [1.807, 2.05) is 0 Å². The Labute approximate surface area is 100 Å². The van der Waals surface area contributed by atoms with Gasteiger partial charge in [-0.3, -0.25) is 0 Å². The molecule has 2 atom stereocenters. The molecule has 0 radical (unpaired) electrons. The number of ether oxygens (including phenoxy) is 1. The average molecular weight is 246 g/mol. The fraction of sp³-hybridized carbons (Fsp3) is 0.909. The van der Waals surface area contributed by atoms with Gasteiger partial charge in [-0.25, -0.2) is 0 Å². The molecule has 1 aliphatic heterocycles. The lowest BCUT2D eigenvalue weighted by Gasteiger charge is -2.38. The summed E-state index contributed by atoms with van der Waals surface area (Å²) in [5, 5.41) is 0.642. The highest BCUT2D eigenvalue weighted by Crippen LogP contribution is 2.42. The molecule has 0 aromatic rings. The van der Waals surface area contributed by atoms with Crippen molar-refractivity contribution in [3.05, 3.63) is 0 Å². The molecular weight excluding hydrogens is 224 g/mol. The van der Waals surface area contributed by atoms with Gasteiger partial charge in [-0.05, 0) is 37.7 Å². The Morgan fingerprint density at radius 3 is 2.40 bits per heavy atom. The molecule has 4 heteroatoms. The van der Waals surface area contributed by atoms with Crippen LogP contribution in [-0.2, 0) is 9.16 Å². The summed E-state index contributed by atoms with van der Waals surface area (Å²) in [6, 6.07) is 0. The zero-order valence-electron chi connectivity index (χ0n) is 10.6. The topological polar surface area (TPSA) is 18.5 Å². The van der Waals surface area contributed by atoms with Gasteiger partial charge < -0.3 is 9.16 Å². The second-order valence-electron chi connectivity index (χ2n) is 5.79. The van der Waals surface area contributed by atoms with Gasteiger partial charge in [0.25, 0.3) is 0 Å². The van der Waals surface area contributed by atoms with Gasteiger partial charge in [0.15, 0.2) is 14.1 Å². The fourth-order valence-electron chi connectivity index (χ4n) is 2.30. The molecular formula is C11H22O2SSi. The molecule has 0 spiro atoms. The van der Waals surface area contributed by atoms with E-state index in [9.17, 15) is 0 Å². The van der Waals surface area contributed by atoms with Gasteiger partial charge in [-0.1, -0.05) is 20.8 Å². The molecule has 0 aromatic heterocycles. The van der Waals surface area contributed by atoms with Crippen molar-refractivity contribution in [2.24, 2.45) is 11.3 Å². The maximum Gasteiger partial charge on any atom is 0.190 e. The first kappa shape index (κ1) is 13.1. The van der Waals surface area contributed by atoms with Crippen LogP contribution < -0.4 is 0 Å². The summed E-state index contributed by atoms with van der Waals surface area (Å²) in [4.78, 5) is 0. The lowest BCUT2D eigenvalue weighted by Crippen LogP contribution is -2.47. The Bertz CT molecular complexity index is 260. The molecule has 1 rings (SSSR count). The van der Waals surface area contributed by atoms with Crippen molar-refractivity contribution < 1.29 is 9.16 Å². The van der Waals surface area contributed by atoms with Crippen LogP contribution in [0.25, 0.3) is 0 Å². The monoisotopic (exact) mass is 246 g/mol. The second kappa shape index (κ2) is 4.15. The number of hydrogen-bond donors (Lipinski definition) is 0. The van der Waals surface area contributed by atoms with Crippen molar-refractivity contribution in [3.63, 3.8) is 0 Å².